The lowest BCUT2D eigenvalue weighted by atomic mass is 9.97. The molecular weight excluding hydrogens is 248 g/mol. The van der Waals surface area contributed by atoms with Crippen LogP contribution in [0.5, 0.6) is 5.75 Å². The molecule has 1 aliphatic heterocycles. The first-order valence-electron chi connectivity index (χ1n) is 6.11. The fraction of sp³-hybridized carbons (Fsp3) is 0.200. The standard InChI is InChI=1S/C15H13F2NO/c16-12-3-1-11(8-13(12)17)15(18)10-2-4-14-9(7-10)5-6-19-14/h1-4,7-8,15H,5-6,18H2. The lowest BCUT2D eigenvalue weighted by molar-refractivity contribution is 0.357. The molecule has 2 nitrogen and oxygen atoms in total. The van der Waals surface area contributed by atoms with Gasteiger partial charge in [-0.25, -0.2) is 8.78 Å². The van der Waals surface area contributed by atoms with E-state index in [4.69, 9.17) is 10.5 Å². The van der Waals surface area contributed by atoms with Gasteiger partial charge in [-0.15, -0.1) is 0 Å². The van der Waals surface area contributed by atoms with Gasteiger partial charge in [-0.05, 0) is 34.9 Å². The second-order valence-corrected chi connectivity index (χ2v) is 4.62. The number of halogens is 2. The first kappa shape index (κ1) is 12.1. The third-order valence-corrected chi connectivity index (χ3v) is 3.38. The van der Waals surface area contributed by atoms with Crippen molar-refractivity contribution in [2.24, 2.45) is 5.73 Å². The number of hydrogen-bond donors (Lipinski definition) is 1. The molecule has 3 rings (SSSR count). The zero-order chi connectivity index (χ0) is 13.4. The predicted octanol–water partition coefficient (Wildman–Crippen LogP) is 2.95. The van der Waals surface area contributed by atoms with Crippen LogP contribution in [0.4, 0.5) is 8.78 Å². The molecule has 0 radical (unpaired) electrons. The second kappa shape index (κ2) is 4.63. The molecule has 0 saturated carbocycles. The van der Waals surface area contributed by atoms with Gasteiger partial charge >= 0.3 is 0 Å². The number of rotatable bonds is 2. The number of ether oxygens (including phenoxy) is 1. The molecule has 4 heteroatoms. The van der Waals surface area contributed by atoms with E-state index in [1.807, 2.05) is 18.2 Å². The fourth-order valence-electron chi connectivity index (χ4n) is 2.30. The maximum Gasteiger partial charge on any atom is 0.159 e. The van der Waals surface area contributed by atoms with Crippen LogP contribution in [0.3, 0.4) is 0 Å². The summed E-state index contributed by atoms with van der Waals surface area (Å²) < 4.78 is 31.6. The minimum absolute atomic E-state index is 0.471. The third kappa shape index (κ3) is 2.19. The third-order valence-electron chi connectivity index (χ3n) is 3.38. The molecule has 0 aromatic heterocycles. The lowest BCUT2D eigenvalue weighted by Gasteiger charge is -2.14. The van der Waals surface area contributed by atoms with Crippen LogP contribution in [0.15, 0.2) is 36.4 Å². The Hall–Kier alpha value is -1.94. The van der Waals surface area contributed by atoms with Crippen molar-refractivity contribution in [3.63, 3.8) is 0 Å². The molecule has 98 valence electrons. The molecule has 1 aliphatic rings. The zero-order valence-electron chi connectivity index (χ0n) is 10.2. The Balaban J connectivity index is 1.94. The van der Waals surface area contributed by atoms with Crippen LogP contribution < -0.4 is 10.5 Å². The van der Waals surface area contributed by atoms with E-state index in [-0.39, 0.29) is 0 Å². The van der Waals surface area contributed by atoms with E-state index in [1.54, 1.807) is 0 Å². The van der Waals surface area contributed by atoms with Crippen molar-refractivity contribution in [3.05, 3.63) is 64.7 Å². The van der Waals surface area contributed by atoms with Crippen LogP contribution in [0.25, 0.3) is 0 Å². The fourth-order valence-corrected chi connectivity index (χ4v) is 2.30. The molecule has 2 aromatic carbocycles. The molecule has 0 fully saturated rings. The Labute approximate surface area is 109 Å². The summed E-state index contributed by atoms with van der Waals surface area (Å²) in [4.78, 5) is 0. The Bertz CT molecular complexity index is 628. The van der Waals surface area contributed by atoms with Crippen molar-refractivity contribution in [3.8, 4) is 5.75 Å². The summed E-state index contributed by atoms with van der Waals surface area (Å²) >= 11 is 0. The Kier molecular flexibility index (Phi) is 2.95. The highest BCUT2D eigenvalue weighted by Gasteiger charge is 2.16. The van der Waals surface area contributed by atoms with Gasteiger partial charge in [-0.1, -0.05) is 18.2 Å². The molecule has 0 spiro atoms. The summed E-state index contributed by atoms with van der Waals surface area (Å²) in [6.07, 6.45) is 0.855. The average Bonchev–Trinajstić information content (AvgIpc) is 2.88. The highest BCUT2D eigenvalue weighted by molar-refractivity contribution is 5.43. The van der Waals surface area contributed by atoms with Crippen LogP contribution in [-0.2, 0) is 6.42 Å². The quantitative estimate of drug-likeness (QED) is 0.902. The number of fused-ring (bicyclic) bond motifs is 1. The van der Waals surface area contributed by atoms with E-state index in [1.165, 1.54) is 6.07 Å². The van der Waals surface area contributed by atoms with Crippen molar-refractivity contribution in [1.82, 2.24) is 0 Å². The SMILES string of the molecule is NC(c1ccc(F)c(F)c1)c1ccc2c(c1)CCO2. The summed E-state index contributed by atoms with van der Waals surface area (Å²) in [5.41, 5.74) is 8.63. The van der Waals surface area contributed by atoms with Gasteiger partial charge in [0.15, 0.2) is 11.6 Å². The second-order valence-electron chi connectivity index (χ2n) is 4.62. The number of hydrogen-bond acceptors (Lipinski definition) is 2. The van der Waals surface area contributed by atoms with E-state index < -0.39 is 17.7 Å². The molecular formula is C15H13F2NO. The summed E-state index contributed by atoms with van der Waals surface area (Å²) in [5.74, 6) is -0.864. The highest BCUT2D eigenvalue weighted by atomic mass is 19.2. The lowest BCUT2D eigenvalue weighted by Crippen LogP contribution is -2.12. The van der Waals surface area contributed by atoms with E-state index in [0.717, 1.165) is 35.4 Å². The first-order valence-corrected chi connectivity index (χ1v) is 6.11. The topological polar surface area (TPSA) is 35.2 Å². The van der Waals surface area contributed by atoms with Crippen molar-refractivity contribution >= 4 is 0 Å². The van der Waals surface area contributed by atoms with Gasteiger partial charge < -0.3 is 10.5 Å². The normalized spacial score (nSPS) is 14.9. The van der Waals surface area contributed by atoms with Crippen LogP contribution in [0.1, 0.15) is 22.7 Å². The van der Waals surface area contributed by atoms with E-state index in [0.29, 0.717) is 12.2 Å². The van der Waals surface area contributed by atoms with E-state index >= 15 is 0 Å². The Morgan fingerprint density at radius 2 is 1.74 bits per heavy atom. The largest absolute Gasteiger partial charge is 0.493 e. The molecule has 0 bridgehead atoms. The van der Waals surface area contributed by atoms with Crippen LogP contribution in [0.2, 0.25) is 0 Å². The smallest absolute Gasteiger partial charge is 0.159 e. The van der Waals surface area contributed by atoms with E-state index in [2.05, 4.69) is 0 Å². The summed E-state index contributed by atoms with van der Waals surface area (Å²) in [6.45, 7) is 0.680. The van der Waals surface area contributed by atoms with Gasteiger partial charge in [0.2, 0.25) is 0 Å². The summed E-state index contributed by atoms with van der Waals surface area (Å²) in [7, 11) is 0. The molecule has 0 saturated heterocycles. The van der Waals surface area contributed by atoms with Gasteiger partial charge in [0.1, 0.15) is 5.75 Å². The highest BCUT2D eigenvalue weighted by Crippen LogP contribution is 2.29. The number of benzene rings is 2. The predicted molar refractivity (Wildman–Crippen MR) is 68.0 cm³/mol. The molecule has 1 atom stereocenters. The van der Waals surface area contributed by atoms with Gasteiger partial charge in [0, 0.05) is 6.42 Å². The Morgan fingerprint density at radius 3 is 2.53 bits per heavy atom. The molecule has 2 N–H and O–H groups in total. The van der Waals surface area contributed by atoms with Crippen molar-refractivity contribution in [2.75, 3.05) is 6.61 Å². The maximum absolute atomic E-state index is 13.2. The Morgan fingerprint density at radius 1 is 1.00 bits per heavy atom. The molecule has 0 aliphatic carbocycles. The molecule has 1 unspecified atom stereocenters. The average molecular weight is 261 g/mol. The molecule has 2 aromatic rings. The summed E-state index contributed by atoms with van der Waals surface area (Å²) in [5, 5.41) is 0. The zero-order valence-corrected chi connectivity index (χ0v) is 10.2. The van der Waals surface area contributed by atoms with E-state index in [9.17, 15) is 8.78 Å². The van der Waals surface area contributed by atoms with Gasteiger partial charge in [0.25, 0.3) is 0 Å². The van der Waals surface area contributed by atoms with Crippen molar-refractivity contribution in [2.45, 2.75) is 12.5 Å². The van der Waals surface area contributed by atoms with Crippen LogP contribution in [-0.4, -0.2) is 6.61 Å². The molecule has 19 heavy (non-hydrogen) atoms. The van der Waals surface area contributed by atoms with Gasteiger partial charge in [0.05, 0.1) is 12.6 Å². The summed E-state index contributed by atoms with van der Waals surface area (Å²) in [6, 6.07) is 8.97. The van der Waals surface area contributed by atoms with Gasteiger partial charge in [-0.3, -0.25) is 0 Å². The first-order chi connectivity index (χ1) is 9.15. The maximum atomic E-state index is 13.2. The molecule has 0 amide bonds. The van der Waals surface area contributed by atoms with Gasteiger partial charge in [-0.2, -0.15) is 0 Å². The van der Waals surface area contributed by atoms with Crippen LogP contribution in [0, 0.1) is 11.6 Å². The van der Waals surface area contributed by atoms with Crippen molar-refractivity contribution < 1.29 is 13.5 Å². The van der Waals surface area contributed by atoms with Crippen LogP contribution >= 0.6 is 0 Å². The minimum Gasteiger partial charge on any atom is -0.493 e. The number of nitrogens with two attached hydrogens (primary N) is 1. The molecule has 1 heterocycles. The van der Waals surface area contributed by atoms with Crippen molar-refractivity contribution in [1.29, 1.82) is 0 Å². The minimum atomic E-state index is -0.877. The monoisotopic (exact) mass is 261 g/mol.